The Morgan fingerprint density at radius 2 is 1.59 bits per heavy atom. The van der Waals surface area contributed by atoms with Crippen LogP contribution in [0.1, 0.15) is 27.1 Å². The molecule has 1 N–H and O–H groups in total. The first-order chi connectivity index (χ1) is 18.0. The summed E-state index contributed by atoms with van der Waals surface area (Å²) in [6, 6.07) is 22.2. The second-order valence-electron chi connectivity index (χ2n) is 10.1. The molecule has 0 unspecified atom stereocenters. The van der Waals surface area contributed by atoms with Gasteiger partial charge in [0.1, 0.15) is 5.82 Å². The monoisotopic (exact) mass is 496 g/mol. The molecule has 2 aliphatic heterocycles. The van der Waals surface area contributed by atoms with Crippen molar-refractivity contribution in [2.45, 2.75) is 18.5 Å². The number of halogens is 1. The first-order valence-corrected chi connectivity index (χ1v) is 12.7. The molecule has 6 rings (SSSR count). The standard InChI is InChI=1S/C30H29FN4O2/c1-33-19-27(21-8-5-9-23(31)14-21)26-11-10-22(15-28(26)33)30(37)35-17-25(18-35)32-24-12-13-34(16-24)29(36)20-6-3-2-4-7-20/h2-11,14-15,19,24-25,32H,12-13,16-18H2,1H3/t24-/m0/s1. The SMILES string of the molecule is Cn1cc(-c2cccc(F)c2)c2ccc(C(=O)N3CC(N[C@H]4CCN(C(=O)c5ccccc5)C4)C3)cc21. The maximum Gasteiger partial charge on any atom is 0.254 e. The van der Waals surface area contributed by atoms with Gasteiger partial charge in [0.25, 0.3) is 11.8 Å². The molecule has 0 bridgehead atoms. The fourth-order valence-electron chi connectivity index (χ4n) is 5.51. The van der Waals surface area contributed by atoms with Crippen molar-refractivity contribution >= 4 is 22.7 Å². The number of hydrogen-bond donors (Lipinski definition) is 1. The summed E-state index contributed by atoms with van der Waals surface area (Å²) in [5.41, 5.74) is 4.08. The van der Waals surface area contributed by atoms with Crippen LogP contribution < -0.4 is 5.32 Å². The van der Waals surface area contributed by atoms with Gasteiger partial charge in [0.05, 0.1) is 0 Å². The van der Waals surface area contributed by atoms with Crippen molar-refractivity contribution in [2.75, 3.05) is 26.2 Å². The highest BCUT2D eigenvalue weighted by Gasteiger charge is 2.35. The lowest BCUT2D eigenvalue weighted by Crippen LogP contribution is -2.62. The molecular weight excluding hydrogens is 467 g/mol. The molecule has 6 nitrogen and oxygen atoms in total. The molecule has 0 spiro atoms. The summed E-state index contributed by atoms with van der Waals surface area (Å²) < 4.78 is 15.8. The van der Waals surface area contributed by atoms with Crippen molar-refractivity contribution in [1.82, 2.24) is 19.7 Å². The molecule has 0 aliphatic carbocycles. The maximum atomic E-state index is 13.8. The number of likely N-dealkylation sites (tertiary alicyclic amines) is 2. The van der Waals surface area contributed by atoms with E-state index in [1.165, 1.54) is 12.1 Å². The molecule has 1 atom stereocenters. The van der Waals surface area contributed by atoms with Gasteiger partial charge in [-0.2, -0.15) is 0 Å². The summed E-state index contributed by atoms with van der Waals surface area (Å²) in [5, 5.41) is 4.62. The normalized spacial score (nSPS) is 17.8. The van der Waals surface area contributed by atoms with Crippen LogP contribution in [-0.2, 0) is 7.05 Å². The van der Waals surface area contributed by atoms with Crippen molar-refractivity contribution in [2.24, 2.45) is 7.05 Å². The van der Waals surface area contributed by atoms with Crippen LogP contribution in [0.5, 0.6) is 0 Å². The highest BCUT2D eigenvalue weighted by Crippen LogP contribution is 2.31. The Hall–Kier alpha value is -3.97. The molecule has 0 saturated carbocycles. The molecule has 2 fully saturated rings. The number of aromatic nitrogens is 1. The van der Waals surface area contributed by atoms with E-state index in [1.54, 1.807) is 6.07 Å². The highest BCUT2D eigenvalue weighted by atomic mass is 19.1. The van der Waals surface area contributed by atoms with Gasteiger partial charge in [-0.15, -0.1) is 0 Å². The summed E-state index contributed by atoms with van der Waals surface area (Å²) in [4.78, 5) is 29.6. The number of nitrogens with zero attached hydrogens (tertiary/aromatic N) is 3. The fraction of sp³-hybridized carbons (Fsp3) is 0.267. The van der Waals surface area contributed by atoms with Gasteiger partial charge in [-0.3, -0.25) is 9.59 Å². The average Bonchev–Trinajstić information content (AvgIpc) is 3.50. The van der Waals surface area contributed by atoms with Gasteiger partial charge in [-0.05, 0) is 48.4 Å². The first kappa shape index (κ1) is 23.4. The van der Waals surface area contributed by atoms with Crippen molar-refractivity contribution in [3.05, 3.63) is 95.9 Å². The van der Waals surface area contributed by atoms with Gasteiger partial charge < -0.3 is 19.7 Å². The summed E-state index contributed by atoms with van der Waals surface area (Å²) in [6.45, 7) is 2.74. The van der Waals surface area contributed by atoms with Crippen LogP contribution in [0, 0.1) is 5.82 Å². The van der Waals surface area contributed by atoms with Crippen LogP contribution in [0.3, 0.4) is 0 Å². The van der Waals surface area contributed by atoms with E-state index in [4.69, 9.17) is 0 Å². The van der Waals surface area contributed by atoms with Crippen LogP contribution in [-0.4, -0.2) is 64.4 Å². The third kappa shape index (κ3) is 4.51. The predicted octanol–water partition coefficient (Wildman–Crippen LogP) is 4.31. The molecule has 2 saturated heterocycles. The summed E-state index contributed by atoms with van der Waals surface area (Å²) >= 11 is 0. The number of fused-ring (bicyclic) bond motifs is 1. The van der Waals surface area contributed by atoms with E-state index >= 15 is 0 Å². The Morgan fingerprint density at radius 3 is 2.38 bits per heavy atom. The zero-order chi connectivity index (χ0) is 25.5. The number of carbonyl (C=O) groups excluding carboxylic acids is 2. The fourth-order valence-corrected chi connectivity index (χ4v) is 5.51. The minimum atomic E-state index is -0.268. The average molecular weight is 497 g/mol. The van der Waals surface area contributed by atoms with Crippen LogP contribution in [0.25, 0.3) is 22.0 Å². The molecule has 0 radical (unpaired) electrons. The van der Waals surface area contributed by atoms with E-state index in [-0.39, 0.29) is 29.7 Å². The number of rotatable bonds is 5. The van der Waals surface area contributed by atoms with Gasteiger partial charge in [0.2, 0.25) is 0 Å². The Bertz CT molecular complexity index is 1480. The van der Waals surface area contributed by atoms with Crippen LogP contribution in [0.2, 0.25) is 0 Å². The number of benzene rings is 3. The zero-order valence-corrected chi connectivity index (χ0v) is 20.7. The van der Waals surface area contributed by atoms with Gasteiger partial charge in [-0.25, -0.2) is 4.39 Å². The molecule has 3 aromatic carbocycles. The van der Waals surface area contributed by atoms with Crippen molar-refractivity contribution in [3.63, 3.8) is 0 Å². The first-order valence-electron chi connectivity index (χ1n) is 12.7. The molecule has 7 heteroatoms. The lowest BCUT2D eigenvalue weighted by Gasteiger charge is -2.41. The van der Waals surface area contributed by atoms with E-state index in [0.29, 0.717) is 25.2 Å². The minimum absolute atomic E-state index is 0.0146. The Kier molecular flexibility index (Phi) is 6.00. The maximum absolute atomic E-state index is 13.8. The smallest absolute Gasteiger partial charge is 0.254 e. The lowest BCUT2D eigenvalue weighted by molar-refractivity contribution is 0.0553. The van der Waals surface area contributed by atoms with E-state index in [0.717, 1.165) is 40.6 Å². The lowest BCUT2D eigenvalue weighted by atomic mass is 10.0. The van der Waals surface area contributed by atoms with Crippen LogP contribution in [0.15, 0.2) is 79.0 Å². The Labute approximate surface area is 215 Å². The minimum Gasteiger partial charge on any atom is -0.350 e. The molecule has 188 valence electrons. The quantitative estimate of drug-likeness (QED) is 0.448. The Balaban J connectivity index is 1.07. The second kappa shape index (κ2) is 9.48. The zero-order valence-electron chi connectivity index (χ0n) is 20.7. The number of nitrogens with one attached hydrogen (secondary N) is 1. The molecule has 3 heterocycles. The highest BCUT2D eigenvalue weighted by molar-refractivity contribution is 6.02. The summed E-state index contributed by atoms with van der Waals surface area (Å²) in [6.07, 6.45) is 2.89. The molecule has 2 amide bonds. The van der Waals surface area contributed by atoms with Crippen molar-refractivity contribution in [3.8, 4) is 11.1 Å². The number of hydrogen-bond acceptors (Lipinski definition) is 3. The molecule has 2 aliphatic rings. The van der Waals surface area contributed by atoms with Crippen LogP contribution >= 0.6 is 0 Å². The largest absolute Gasteiger partial charge is 0.350 e. The third-order valence-corrected chi connectivity index (χ3v) is 7.51. The van der Waals surface area contributed by atoms with Gasteiger partial charge in [0, 0.05) is 79.1 Å². The molecular formula is C30H29FN4O2. The predicted molar refractivity (Wildman–Crippen MR) is 142 cm³/mol. The number of aryl methyl sites for hydroxylation is 1. The van der Waals surface area contributed by atoms with E-state index < -0.39 is 0 Å². The Morgan fingerprint density at radius 1 is 0.838 bits per heavy atom. The molecule has 37 heavy (non-hydrogen) atoms. The number of amides is 2. The third-order valence-electron chi connectivity index (χ3n) is 7.51. The van der Waals surface area contributed by atoms with Gasteiger partial charge in [0.15, 0.2) is 0 Å². The molecule has 1 aromatic heterocycles. The second-order valence-corrected chi connectivity index (χ2v) is 10.1. The number of carbonyl (C=O) groups is 2. The van der Waals surface area contributed by atoms with E-state index in [2.05, 4.69) is 5.32 Å². The summed E-state index contributed by atoms with van der Waals surface area (Å²) in [7, 11) is 1.94. The van der Waals surface area contributed by atoms with E-state index in [9.17, 15) is 14.0 Å². The molecule has 4 aromatic rings. The summed E-state index contributed by atoms with van der Waals surface area (Å²) in [5.74, 6) is -0.178. The van der Waals surface area contributed by atoms with Crippen molar-refractivity contribution in [1.29, 1.82) is 0 Å². The van der Waals surface area contributed by atoms with Gasteiger partial charge in [-0.1, -0.05) is 36.4 Å². The van der Waals surface area contributed by atoms with Crippen LogP contribution in [0.4, 0.5) is 4.39 Å². The van der Waals surface area contributed by atoms with Crippen molar-refractivity contribution < 1.29 is 14.0 Å². The van der Waals surface area contributed by atoms with E-state index in [1.807, 2.05) is 82.2 Å². The topological polar surface area (TPSA) is 57.6 Å². The van der Waals surface area contributed by atoms with Gasteiger partial charge >= 0.3 is 0 Å².